The van der Waals surface area contributed by atoms with Gasteiger partial charge in [-0.2, -0.15) is 0 Å². The lowest BCUT2D eigenvalue weighted by Crippen LogP contribution is -2.01. The van der Waals surface area contributed by atoms with Crippen molar-refractivity contribution < 1.29 is 4.39 Å². The van der Waals surface area contributed by atoms with Crippen LogP contribution in [0.5, 0.6) is 0 Å². The molecule has 0 aliphatic carbocycles. The lowest BCUT2D eigenvalue weighted by atomic mass is 10.1. The number of hydrogen-bond donors (Lipinski definition) is 1. The number of anilines is 1. The molecule has 4 heteroatoms. The zero-order chi connectivity index (χ0) is 15.0. The maximum Gasteiger partial charge on any atom is 0.141 e. The van der Waals surface area contributed by atoms with E-state index in [0.29, 0.717) is 5.69 Å². The minimum Gasteiger partial charge on any atom is -0.399 e. The number of benzene rings is 2. The smallest absolute Gasteiger partial charge is 0.141 e. The van der Waals surface area contributed by atoms with E-state index >= 15 is 0 Å². The van der Waals surface area contributed by atoms with Crippen molar-refractivity contribution >= 4 is 16.7 Å². The van der Waals surface area contributed by atoms with Gasteiger partial charge < -0.3 is 10.3 Å². The largest absolute Gasteiger partial charge is 0.399 e. The van der Waals surface area contributed by atoms with E-state index in [1.807, 2.05) is 25.1 Å². The van der Waals surface area contributed by atoms with Crippen LogP contribution in [0.25, 0.3) is 22.4 Å². The highest BCUT2D eigenvalue weighted by Crippen LogP contribution is 2.29. The summed E-state index contributed by atoms with van der Waals surface area (Å²) in [6.07, 6.45) is 0.955. The van der Waals surface area contributed by atoms with E-state index in [1.165, 1.54) is 6.07 Å². The van der Waals surface area contributed by atoms with Gasteiger partial charge in [0.15, 0.2) is 0 Å². The fourth-order valence-corrected chi connectivity index (χ4v) is 2.63. The number of imidazole rings is 1. The molecule has 0 aliphatic heterocycles. The normalized spacial score (nSPS) is 11.2. The minimum absolute atomic E-state index is 0.240. The maximum absolute atomic E-state index is 13.6. The molecule has 0 radical (unpaired) electrons. The molecule has 0 bridgehead atoms. The second kappa shape index (κ2) is 5.20. The average molecular weight is 283 g/mol. The number of halogens is 1. The molecule has 0 saturated heterocycles. The number of nitrogen functional groups attached to an aromatic ring is 1. The van der Waals surface area contributed by atoms with E-state index in [1.54, 1.807) is 12.1 Å². The second-order valence-electron chi connectivity index (χ2n) is 5.29. The molecule has 108 valence electrons. The third-order valence-corrected chi connectivity index (χ3v) is 3.66. The van der Waals surface area contributed by atoms with Crippen LogP contribution in [0.15, 0.2) is 36.4 Å². The first-order chi connectivity index (χ1) is 10.1. The van der Waals surface area contributed by atoms with Gasteiger partial charge in [0.1, 0.15) is 11.6 Å². The predicted molar refractivity (Wildman–Crippen MR) is 84.6 cm³/mol. The zero-order valence-electron chi connectivity index (χ0n) is 12.2. The maximum atomic E-state index is 13.6. The van der Waals surface area contributed by atoms with Crippen LogP contribution in [0, 0.1) is 12.7 Å². The summed E-state index contributed by atoms with van der Waals surface area (Å²) in [6, 6.07) is 10.5. The molecule has 1 heterocycles. The molecule has 0 atom stereocenters. The van der Waals surface area contributed by atoms with Gasteiger partial charge in [-0.3, -0.25) is 0 Å². The molecule has 0 spiro atoms. The van der Waals surface area contributed by atoms with Crippen LogP contribution in [0.2, 0.25) is 0 Å². The standard InChI is InChI=1S/C17H18FN3/c1-3-8-21-16-9-12(18)5-7-15(16)20-17(21)14-10-13(19)6-4-11(14)2/h4-7,9-10H,3,8,19H2,1-2H3. The number of aromatic nitrogens is 2. The van der Waals surface area contributed by atoms with Gasteiger partial charge in [-0.1, -0.05) is 13.0 Å². The van der Waals surface area contributed by atoms with E-state index in [4.69, 9.17) is 5.73 Å². The minimum atomic E-state index is -0.240. The molecule has 0 amide bonds. The molecule has 2 aromatic carbocycles. The molecule has 21 heavy (non-hydrogen) atoms. The quantitative estimate of drug-likeness (QED) is 0.734. The summed E-state index contributed by atoms with van der Waals surface area (Å²) in [7, 11) is 0. The van der Waals surface area contributed by atoms with Crippen LogP contribution >= 0.6 is 0 Å². The summed E-state index contributed by atoms with van der Waals surface area (Å²) in [4.78, 5) is 4.69. The topological polar surface area (TPSA) is 43.8 Å². The highest BCUT2D eigenvalue weighted by molar-refractivity contribution is 5.82. The Morgan fingerprint density at radius 1 is 1.19 bits per heavy atom. The Kier molecular flexibility index (Phi) is 3.37. The van der Waals surface area contributed by atoms with Gasteiger partial charge in [0, 0.05) is 17.8 Å². The van der Waals surface area contributed by atoms with Crippen LogP contribution in [0.1, 0.15) is 18.9 Å². The van der Waals surface area contributed by atoms with Crippen molar-refractivity contribution in [1.82, 2.24) is 9.55 Å². The average Bonchev–Trinajstić information content (AvgIpc) is 2.80. The fourth-order valence-electron chi connectivity index (χ4n) is 2.63. The van der Waals surface area contributed by atoms with Crippen molar-refractivity contribution in [2.75, 3.05) is 5.73 Å². The van der Waals surface area contributed by atoms with Crippen molar-refractivity contribution in [3.8, 4) is 11.4 Å². The van der Waals surface area contributed by atoms with Gasteiger partial charge in [0.25, 0.3) is 0 Å². The van der Waals surface area contributed by atoms with Gasteiger partial charge in [0.05, 0.1) is 11.0 Å². The van der Waals surface area contributed by atoms with Gasteiger partial charge in [-0.15, -0.1) is 0 Å². The van der Waals surface area contributed by atoms with Crippen molar-refractivity contribution in [3.05, 3.63) is 47.8 Å². The van der Waals surface area contributed by atoms with E-state index in [0.717, 1.165) is 41.0 Å². The van der Waals surface area contributed by atoms with Crippen LogP contribution in [0.3, 0.4) is 0 Å². The number of nitrogens with two attached hydrogens (primary N) is 1. The van der Waals surface area contributed by atoms with Crippen LogP contribution in [0.4, 0.5) is 10.1 Å². The first-order valence-electron chi connectivity index (χ1n) is 7.12. The third-order valence-electron chi connectivity index (χ3n) is 3.66. The number of rotatable bonds is 3. The zero-order valence-corrected chi connectivity index (χ0v) is 12.2. The Hall–Kier alpha value is -2.36. The molecule has 0 saturated carbocycles. The summed E-state index contributed by atoms with van der Waals surface area (Å²) in [6.45, 7) is 4.93. The van der Waals surface area contributed by atoms with E-state index in [2.05, 4.69) is 16.5 Å². The SMILES string of the molecule is CCCn1c(-c2cc(N)ccc2C)nc2ccc(F)cc21. The van der Waals surface area contributed by atoms with Crippen molar-refractivity contribution in [2.45, 2.75) is 26.8 Å². The van der Waals surface area contributed by atoms with Gasteiger partial charge in [-0.05, 0) is 49.2 Å². The van der Waals surface area contributed by atoms with E-state index in [9.17, 15) is 4.39 Å². The lowest BCUT2D eigenvalue weighted by Gasteiger charge is -2.10. The Morgan fingerprint density at radius 3 is 2.76 bits per heavy atom. The number of fused-ring (bicyclic) bond motifs is 1. The predicted octanol–water partition coefficient (Wildman–Crippen LogP) is 4.14. The Balaban J connectivity index is 2.30. The summed E-state index contributed by atoms with van der Waals surface area (Å²) in [5, 5.41) is 0. The highest BCUT2D eigenvalue weighted by Gasteiger charge is 2.14. The molecule has 0 fully saturated rings. The summed E-state index contributed by atoms with van der Waals surface area (Å²) in [5.74, 6) is 0.609. The molecule has 0 aliphatic rings. The van der Waals surface area contributed by atoms with Gasteiger partial charge >= 0.3 is 0 Å². The van der Waals surface area contributed by atoms with Crippen molar-refractivity contribution in [3.63, 3.8) is 0 Å². The molecule has 3 nitrogen and oxygen atoms in total. The van der Waals surface area contributed by atoms with Gasteiger partial charge in [-0.25, -0.2) is 9.37 Å². The van der Waals surface area contributed by atoms with Crippen LogP contribution in [-0.2, 0) is 6.54 Å². The molecule has 0 unspecified atom stereocenters. The monoisotopic (exact) mass is 283 g/mol. The number of aryl methyl sites for hydroxylation is 2. The first-order valence-corrected chi connectivity index (χ1v) is 7.12. The Bertz CT molecular complexity index is 805. The van der Waals surface area contributed by atoms with Crippen LogP contribution < -0.4 is 5.73 Å². The summed E-state index contributed by atoms with van der Waals surface area (Å²) >= 11 is 0. The van der Waals surface area contributed by atoms with Gasteiger partial charge in [0.2, 0.25) is 0 Å². The van der Waals surface area contributed by atoms with Crippen LogP contribution in [-0.4, -0.2) is 9.55 Å². The molecule has 1 aromatic heterocycles. The second-order valence-corrected chi connectivity index (χ2v) is 5.29. The number of hydrogen-bond acceptors (Lipinski definition) is 2. The highest BCUT2D eigenvalue weighted by atomic mass is 19.1. The summed E-state index contributed by atoms with van der Waals surface area (Å²) in [5.41, 5.74) is 10.4. The van der Waals surface area contributed by atoms with E-state index < -0.39 is 0 Å². The third kappa shape index (κ3) is 2.37. The lowest BCUT2D eigenvalue weighted by molar-refractivity contribution is 0.627. The van der Waals surface area contributed by atoms with Crippen molar-refractivity contribution in [2.24, 2.45) is 0 Å². The summed E-state index contributed by atoms with van der Waals surface area (Å²) < 4.78 is 15.6. The number of nitrogens with zero attached hydrogens (tertiary/aromatic N) is 2. The molecule has 3 rings (SSSR count). The Morgan fingerprint density at radius 2 is 2.00 bits per heavy atom. The Labute approximate surface area is 123 Å². The molecule has 3 aromatic rings. The molecular formula is C17H18FN3. The fraction of sp³-hybridized carbons (Fsp3) is 0.235. The van der Waals surface area contributed by atoms with E-state index in [-0.39, 0.29) is 5.82 Å². The first kappa shape index (κ1) is 13.6. The molecule has 2 N–H and O–H groups in total. The molecular weight excluding hydrogens is 265 g/mol. The van der Waals surface area contributed by atoms with Crippen molar-refractivity contribution in [1.29, 1.82) is 0 Å².